The minimum Gasteiger partial charge on any atom is -0.395 e. The third-order valence-electron chi connectivity index (χ3n) is 5.55. The molecule has 6 atom stereocenters. The molecule has 11 N–H and O–H groups in total. The van der Waals surface area contributed by atoms with Gasteiger partial charge in [-0.05, 0) is 78.9 Å². The van der Waals surface area contributed by atoms with Crippen molar-refractivity contribution in [1.82, 2.24) is 0 Å². The van der Waals surface area contributed by atoms with E-state index in [4.69, 9.17) is 5.73 Å². The molecule has 1 aromatic rings. The lowest BCUT2D eigenvalue weighted by atomic mass is 9.84. The molecule has 6 unspecified atom stereocenters. The number of nitrogens with two attached hydrogens (primary N) is 1. The van der Waals surface area contributed by atoms with E-state index >= 15 is 0 Å². The first-order valence-corrected chi connectivity index (χ1v) is 15.1. The van der Waals surface area contributed by atoms with Gasteiger partial charge in [0.05, 0.1) is 36.3 Å². The second-order valence-corrected chi connectivity index (χ2v) is 12.3. The van der Waals surface area contributed by atoms with Crippen molar-refractivity contribution in [3.63, 3.8) is 0 Å². The van der Waals surface area contributed by atoms with Crippen LogP contribution in [0.2, 0.25) is 0 Å². The summed E-state index contributed by atoms with van der Waals surface area (Å²) in [6.07, 6.45) is -6.04. The van der Waals surface area contributed by atoms with Crippen molar-refractivity contribution in [2.45, 2.75) is 56.8 Å². The average Bonchev–Trinajstić information content (AvgIpc) is 2.83. The van der Waals surface area contributed by atoms with E-state index in [1.165, 1.54) is 67.8 Å². The number of anilines is 2. The summed E-state index contributed by atoms with van der Waals surface area (Å²) in [4.78, 5) is 39.0. The quantitative estimate of drug-likeness (QED) is 0.0684. The highest BCUT2D eigenvalue weighted by Crippen LogP contribution is 2.42. The number of amides is 3. The molecule has 1 aromatic carbocycles. The Hall–Kier alpha value is -0.500. The summed E-state index contributed by atoms with van der Waals surface area (Å²) < 4.78 is -4.07. The van der Waals surface area contributed by atoms with Gasteiger partial charge in [0.2, 0.25) is 11.8 Å². The number of hydrogen-bond donors (Lipinski definition) is 10. The van der Waals surface area contributed by atoms with Crippen molar-refractivity contribution in [2.24, 2.45) is 5.73 Å². The molecule has 0 saturated heterocycles. The standard InChI is InChI=1S/C22H32I3N3O11/c1-8(31)27-17-9(4-12(32)19(23)36)16(22(26)39)10(5-13(33)20(24)37)18(11(17)6-14(34)21(25)38)28(2-3-29)15(35)7-30/h12-14,19-21,29-30,32-34,36-38H,2-7H2,1H3,(H2,26,39)(H,27,31). The SMILES string of the molecule is CC(=O)Nc1c(CC(O)C(O)I)c(C(N)=O)c(CC(O)C(O)I)c(N(CCO)C(=O)CO)c1CC(O)C(O)I. The maximum Gasteiger partial charge on any atom is 0.252 e. The number of nitrogens with one attached hydrogen (secondary N) is 1. The Balaban J connectivity index is 4.50. The van der Waals surface area contributed by atoms with Crippen LogP contribution >= 0.6 is 67.8 Å². The summed E-state index contributed by atoms with van der Waals surface area (Å²) in [6, 6.07) is 0. The number of primary amides is 1. The summed E-state index contributed by atoms with van der Waals surface area (Å²) in [5.74, 6) is -2.77. The first kappa shape index (κ1) is 36.5. The van der Waals surface area contributed by atoms with Gasteiger partial charge >= 0.3 is 0 Å². The fraction of sp³-hybridized carbons (Fsp3) is 0.591. The Morgan fingerprint density at radius 1 is 0.821 bits per heavy atom. The smallest absolute Gasteiger partial charge is 0.252 e. The summed E-state index contributed by atoms with van der Waals surface area (Å²) in [7, 11) is 0. The molecule has 0 bridgehead atoms. The summed E-state index contributed by atoms with van der Waals surface area (Å²) in [6.45, 7) is -1.02. The van der Waals surface area contributed by atoms with E-state index in [9.17, 15) is 55.2 Å². The number of carbonyl (C=O) groups excluding carboxylic acids is 3. The second-order valence-electron chi connectivity index (χ2n) is 8.44. The van der Waals surface area contributed by atoms with Crippen molar-refractivity contribution in [3.8, 4) is 0 Å². The Morgan fingerprint density at radius 2 is 1.26 bits per heavy atom. The maximum absolute atomic E-state index is 12.9. The highest BCUT2D eigenvalue weighted by molar-refractivity contribution is 14.1. The Morgan fingerprint density at radius 3 is 1.62 bits per heavy atom. The molecule has 222 valence electrons. The van der Waals surface area contributed by atoms with Crippen LogP contribution in [-0.4, -0.2) is 109 Å². The topological polar surface area (TPSA) is 254 Å². The van der Waals surface area contributed by atoms with E-state index in [2.05, 4.69) is 5.32 Å². The first-order valence-electron chi connectivity index (χ1n) is 11.4. The molecule has 0 fully saturated rings. The first-order chi connectivity index (χ1) is 18.1. The Bertz CT molecular complexity index is 1030. The second kappa shape index (κ2) is 16.8. The minimum absolute atomic E-state index is 0.0658. The van der Waals surface area contributed by atoms with Crippen LogP contribution in [0.4, 0.5) is 11.4 Å². The van der Waals surface area contributed by atoms with Crippen LogP contribution in [0.1, 0.15) is 34.0 Å². The monoisotopic (exact) mass is 895 g/mol. The van der Waals surface area contributed by atoms with Gasteiger partial charge in [-0.3, -0.25) is 14.4 Å². The molecule has 0 saturated carbocycles. The average molecular weight is 895 g/mol. The maximum atomic E-state index is 12.9. The van der Waals surface area contributed by atoms with E-state index in [0.717, 1.165) is 11.8 Å². The number of rotatable bonds is 15. The van der Waals surface area contributed by atoms with Gasteiger partial charge in [0, 0.05) is 43.9 Å². The normalized spacial score (nSPS) is 16.1. The highest BCUT2D eigenvalue weighted by Gasteiger charge is 2.35. The third-order valence-corrected chi connectivity index (χ3v) is 8.04. The van der Waals surface area contributed by atoms with Gasteiger partial charge in [0.15, 0.2) is 0 Å². The molecule has 0 radical (unpaired) electrons. The van der Waals surface area contributed by atoms with Gasteiger partial charge in [-0.2, -0.15) is 0 Å². The van der Waals surface area contributed by atoms with E-state index in [1.54, 1.807) is 0 Å². The van der Waals surface area contributed by atoms with Crippen molar-refractivity contribution in [1.29, 1.82) is 0 Å². The van der Waals surface area contributed by atoms with Crippen molar-refractivity contribution in [2.75, 3.05) is 30.0 Å². The Kier molecular flexibility index (Phi) is 15.8. The molecule has 14 nitrogen and oxygen atoms in total. The van der Waals surface area contributed by atoms with Crippen LogP contribution < -0.4 is 16.0 Å². The number of benzene rings is 1. The molecule has 0 aliphatic heterocycles. The zero-order chi connectivity index (χ0) is 30.2. The molecule has 0 aliphatic carbocycles. The molecule has 0 spiro atoms. The molecule has 17 heteroatoms. The van der Waals surface area contributed by atoms with Gasteiger partial charge in [-0.25, -0.2) is 0 Å². The minimum atomic E-state index is -1.55. The fourth-order valence-electron chi connectivity index (χ4n) is 3.93. The predicted octanol–water partition coefficient (Wildman–Crippen LogP) is -1.97. The summed E-state index contributed by atoms with van der Waals surface area (Å²) in [5, 5.41) is 83.6. The van der Waals surface area contributed by atoms with Crippen LogP contribution in [0.15, 0.2) is 0 Å². The van der Waals surface area contributed by atoms with Crippen LogP contribution in [-0.2, 0) is 28.9 Å². The van der Waals surface area contributed by atoms with Gasteiger partial charge in [-0.1, -0.05) is 0 Å². The predicted molar refractivity (Wildman–Crippen MR) is 165 cm³/mol. The number of halogens is 3. The number of carbonyl (C=O) groups is 3. The molecule has 1 rings (SSSR count). The highest BCUT2D eigenvalue weighted by atomic mass is 127. The largest absolute Gasteiger partial charge is 0.395 e. The van der Waals surface area contributed by atoms with Crippen LogP contribution in [0.5, 0.6) is 0 Å². The zero-order valence-corrected chi connectivity index (χ0v) is 27.1. The third kappa shape index (κ3) is 10.1. The number of aliphatic hydroxyl groups is 8. The van der Waals surface area contributed by atoms with Crippen LogP contribution in [0, 0.1) is 0 Å². The zero-order valence-electron chi connectivity index (χ0n) is 20.7. The summed E-state index contributed by atoms with van der Waals surface area (Å²) in [5.41, 5.74) is 4.62. The van der Waals surface area contributed by atoms with Crippen molar-refractivity contribution >= 4 is 96.9 Å². The van der Waals surface area contributed by atoms with E-state index in [0.29, 0.717) is 0 Å². The number of aliphatic hydroxyl groups excluding tert-OH is 8. The molecule has 39 heavy (non-hydrogen) atoms. The molecule has 3 amide bonds. The van der Waals surface area contributed by atoms with Gasteiger partial charge in [0.25, 0.3) is 5.91 Å². The lowest BCUT2D eigenvalue weighted by Crippen LogP contribution is -2.40. The summed E-state index contributed by atoms with van der Waals surface area (Å²) >= 11 is 4.56. The Labute approximate surface area is 265 Å². The van der Waals surface area contributed by atoms with Crippen molar-refractivity contribution < 1.29 is 55.2 Å². The number of nitrogens with zero attached hydrogens (tertiary/aromatic N) is 1. The van der Waals surface area contributed by atoms with E-state index in [-0.39, 0.29) is 33.6 Å². The van der Waals surface area contributed by atoms with E-state index < -0.39 is 87.4 Å². The molecule has 0 aliphatic rings. The van der Waals surface area contributed by atoms with Gasteiger partial charge < -0.3 is 56.8 Å². The van der Waals surface area contributed by atoms with Gasteiger partial charge in [-0.15, -0.1) is 0 Å². The van der Waals surface area contributed by atoms with Gasteiger partial charge in [0.1, 0.15) is 18.9 Å². The van der Waals surface area contributed by atoms with Crippen molar-refractivity contribution in [3.05, 3.63) is 22.3 Å². The lowest BCUT2D eigenvalue weighted by Gasteiger charge is -2.33. The van der Waals surface area contributed by atoms with Crippen LogP contribution in [0.3, 0.4) is 0 Å². The number of hydrogen-bond acceptors (Lipinski definition) is 11. The number of alkyl halides is 3. The molecule has 0 heterocycles. The lowest BCUT2D eigenvalue weighted by molar-refractivity contribution is -0.121. The molecular weight excluding hydrogens is 863 g/mol. The fourth-order valence-corrected chi connectivity index (χ4v) is 4.69. The van der Waals surface area contributed by atoms with Crippen LogP contribution in [0.25, 0.3) is 0 Å². The molecular formula is C22H32I3N3O11. The van der Waals surface area contributed by atoms with E-state index in [1.807, 2.05) is 0 Å². The molecule has 0 aromatic heterocycles.